The van der Waals surface area contributed by atoms with Gasteiger partial charge in [-0.05, 0) is 25.5 Å². The van der Waals surface area contributed by atoms with Gasteiger partial charge in [0, 0.05) is 20.8 Å². The highest BCUT2D eigenvalue weighted by molar-refractivity contribution is 7.33. The number of benzene rings is 1. The maximum absolute atomic E-state index is 12.1. The molecule has 0 saturated carbocycles. The second kappa shape index (κ2) is 4.94. The molecule has 1 atom stereocenters. The van der Waals surface area contributed by atoms with Crippen LogP contribution in [0.2, 0.25) is 0 Å². The van der Waals surface area contributed by atoms with Crippen molar-refractivity contribution in [2.45, 2.75) is 26.3 Å². The highest BCUT2D eigenvalue weighted by atomic mass is 32.1. The zero-order valence-electron chi connectivity index (χ0n) is 10.9. The summed E-state index contributed by atoms with van der Waals surface area (Å²) in [6.45, 7) is 4.11. The summed E-state index contributed by atoms with van der Waals surface area (Å²) in [5, 5.41) is 4.28. The molecule has 1 unspecified atom stereocenters. The number of carbonyl (C=O) groups excluding carboxylic acids is 1. The normalized spacial score (nSPS) is 12.9. The van der Waals surface area contributed by atoms with Crippen LogP contribution in [0.25, 0.3) is 19.5 Å². The molecule has 0 spiro atoms. The Morgan fingerprint density at radius 2 is 2.05 bits per heavy atom. The van der Waals surface area contributed by atoms with Crippen molar-refractivity contribution in [3.63, 3.8) is 0 Å². The van der Waals surface area contributed by atoms with Gasteiger partial charge in [0.2, 0.25) is 0 Å². The van der Waals surface area contributed by atoms with Gasteiger partial charge in [0.1, 0.15) is 0 Å². The first-order valence-corrected chi connectivity index (χ1v) is 8.04. The first-order valence-electron chi connectivity index (χ1n) is 6.41. The van der Waals surface area contributed by atoms with Crippen LogP contribution in [0.3, 0.4) is 0 Å². The fourth-order valence-electron chi connectivity index (χ4n) is 2.01. The molecule has 0 bridgehead atoms. The Balaban J connectivity index is 2.00. The SMILES string of the molecule is CCC(C)NC(=O)c1cc2sc3ccccc3c2s1. The average Bonchev–Trinajstić information content (AvgIpc) is 2.95. The van der Waals surface area contributed by atoms with Crippen LogP contribution in [0.1, 0.15) is 29.9 Å². The number of nitrogens with one attached hydrogen (secondary N) is 1. The molecule has 0 fully saturated rings. The van der Waals surface area contributed by atoms with Gasteiger partial charge in [-0.2, -0.15) is 0 Å². The van der Waals surface area contributed by atoms with Crippen LogP contribution in [-0.2, 0) is 0 Å². The van der Waals surface area contributed by atoms with Crippen molar-refractivity contribution >= 4 is 48.1 Å². The zero-order valence-corrected chi connectivity index (χ0v) is 12.5. The van der Waals surface area contributed by atoms with Gasteiger partial charge in [-0.3, -0.25) is 4.79 Å². The first-order chi connectivity index (χ1) is 9.19. The smallest absolute Gasteiger partial charge is 0.261 e. The van der Waals surface area contributed by atoms with Crippen molar-refractivity contribution in [1.82, 2.24) is 5.32 Å². The van der Waals surface area contributed by atoms with E-state index in [2.05, 4.69) is 30.4 Å². The maximum Gasteiger partial charge on any atom is 0.261 e. The minimum Gasteiger partial charge on any atom is -0.349 e. The molecular formula is C15H15NOS2. The molecule has 19 heavy (non-hydrogen) atoms. The zero-order chi connectivity index (χ0) is 13.4. The molecule has 98 valence electrons. The summed E-state index contributed by atoms with van der Waals surface area (Å²) in [7, 11) is 0. The van der Waals surface area contributed by atoms with Gasteiger partial charge in [0.25, 0.3) is 5.91 Å². The van der Waals surface area contributed by atoms with Gasteiger partial charge < -0.3 is 5.32 Å². The summed E-state index contributed by atoms with van der Waals surface area (Å²) in [5.41, 5.74) is 0. The monoisotopic (exact) mass is 289 g/mol. The van der Waals surface area contributed by atoms with E-state index in [1.165, 1.54) is 19.5 Å². The third-order valence-corrected chi connectivity index (χ3v) is 5.68. The molecule has 3 rings (SSSR count). The number of rotatable bonds is 3. The minimum absolute atomic E-state index is 0.0480. The molecule has 0 radical (unpaired) electrons. The van der Waals surface area contributed by atoms with E-state index in [0.29, 0.717) is 0 Å². The maximum atomic E-state index is 12.1. The van der Waals surface area contributed by atoms with Crippen LogP contribution in [0, 0.1) is 0 Å². The van der Waals surface area contributed by atoms with Crippen molar-refractivity contribution < 1.29 is 4.79 Å². The van der Waals surface area contributed by atoms with E-state index in [1.54, 1.807) is 22.7 Å². The number of thiophene rings is 2. The minimum atomic E-state index is 0.0480. The van der Waals surface area contributed by atoms with Crippen LogP contribution < -0.4 is 5.32 Å². The second-order valence-electron chi connectivity index (χ2n) is 4.69. The summed E-state index contributed by atoms with van der Waals surface area (Å²) >= 11 is 3.35. The summed E-state index contributed by atoms with van der Waals surface area (Å²) in [6, 6.07) is 10.6. The molecular weight excluding hydrogens is 274 g/mol. The van der Waals surface area contributed by atoms with Crippen LogP contribution >= 0.6 is 22.7 Å². The van der Waals surface area contributed by atoms with E-state index in [0.717, 1.165) is 11.3 Å². The van der Waals surface area contributed by atoms with Crippen LogP contribution in [0.15, 0.2) is 30.3 Å². The van der Waals surface area contributed by atoms with Gasteiger partial charge in [0.05, 0.1) is 9.58 Å². The number of carbonyl (C=O) groups is 1. The Kier molecular flexibility index (Phi) is 3.29. The molecule has 1 N–H and O–H groups in total. The van der Waals surface area contributed by atoms with E-state index >= 15 is 0 Å². The molecule has 3 aromatic rings. The summed E-state index contributed by atoms with van der Waals surface area (Å²) in [6.07, 6.45) is 0.953. The lowest BCUT2D eigenvalue weighted by atomic mass is 10.2. The molecule has 1 aromatic carbocycles. The van der Waals surface area contributed by atoms with Gasteiger partial charge in [-0.15, -0.1) is 22.7 Å². The van der Waals surface area contributed by atoms with Crippen LogP contribution in [0.5, 0.6) is 0 Å². The van der Waals surface area contributed by atoms with Crippen molar-refractivity contribution in [2.75, 3.05) is 0 Å². The van der Waals surface area contributed by atoms with Crippen LogP contribution in [-0.4, -0.2) is 11.9 Å². The van der Waals surface area contributed by atoms with Gasteiger partial charge in [0.15, 0.2) is 0 Å². The summed E-state index contributed by atoms with van der Waals surface area (Å²) in [4.78, 5) is 12.9. The van der Waals surface area contributed by atoms with Gasteiger partial charge in [-0.25, -0.2) is 0 Å². The van der Waals surface area contributed by atoms with E-state index in [-0.39, 0.29) is 11.9 Å². The number of hydrogen-bond donors (Lipinski definition) is 1. The predicted molar refractivity (Wildman–Crippen MR) is 84.4 cm³/mol. The van der Waals surface area contributed by atoms with E-state index in [1.807, 2.05) is 19.1 Å². The Morgan fingerprint density at radius 3 is 2.84 bits per heavy atom. The highest BCUT2D eigenvalue weighted by Gasteiger charge is 2.15. The number of hydrogen-bond acceptors (Lipinski definition) is 3. The lowest BCUT2D eigenvalue weighted by Crippen LogP contribution is -2.31. The molecule has 2 nitrogen and oxygen atoms in total. The Hall–Kier alpha value is -1.39. The average molecular weight is 289 g/mol. The topological polar surface area (TPSA) is 29.1 Å². The van der Waals surface area contributed by atoms with Crippen LogP contribution in [0.4, 0.5) is 0 Å². The van der Waals surface area contributed by atoms with Crippen molar-refractivity contribution in [1.29, 1.82) is 0 Å². The quantitative estimate of drug-likeness (QED) is 0.747. The number of fused-ring (bicyclic) bond motifs is 3. The largest absolute Gasteiger partial charge is 0.349 e. The van der Waals surface area contributed by atoms with Gasteiger partial charge >= 0.3 is 0 Å². The molecule has 2 aromatic heterocycles. The predicted octanol–water partition coefficient (Wildman–Crippen LogP) is 4.64. The number of amides is 1. The third-order valence-electron chi connectivity index (χ3n) is 3.26. The molecule has 4 heteroatoms. The van der Waals surface area contributed by atoms with E-state index in [9.17, 15) is 4.79 Å². The Morgan fingerprint density at radius 1 is 1.26 bits per heavy atom. The molecule has 0 aliphatic carbocycles. The second-order valence-corrected chi connectivity index (χ2v) is 6.82. The van der Waals surface area contributed by atoms with Gasteiger partial charge in [-0.1, -0.05) is 25.1 Å². The van der Waals surface area contributed by atoms with Crippen molar-refractivity contribution in [3.05, 3.63) is 35.2 Å². The molecule has 0 saturated heterocycles. The standard InChI is InChI=1S/C15H15NOS2/c1-3-9(2)16-15(17)13-8-12-14(19-13)10-6-4-5-7-11(10)18-12/h4-9H,3H2,1-2H3,(H,16,17). The van der Waals surface area contributed by atoms with E-state index < -0.39 is 0 Å². The highest BCUT2D eigenvalue weighted by Crippen LogP contribution is 2.39. The Bertz CT molecular complexity index is 741. The van der Waals surface area contributed by atoms with Crippen molar-refractivity contribution in [2.24, 2.45) is 0 Å². The lowest BCUT2D eigenvalue weighted by molar-refractivity contribution is 0.0943. The third kappa shape index (κ3) is 2.26. The summed E-state index contributed by atoms with van der Waals surface area (Å²) in [5.74, 6) is 0.0480. The van der Waals surface area contributed by atoms with E-state index in [4.69, 9.17) is 0 Å². The molecule has 0 aliphatic rings. The fraction of sp³-hybridized carbons (Fsp3) is 0.267. The first kappa shape index (κ1) is 12.6. The molecule has 1 amide bonds. The molecule has 0 aliphatic heterocycles. The lowest BCUT2D eigenvalue weighted by Gasteiger charge is -2.09. The van der Waals surface area contributed by atoms with Crippen molar-refractivity contribution in [3.8, 4) is 0 Å². The molecule has 2 heterocycles. The fourth-order valence-corrected chi connectivity index (χ4v) is 4.44. The summed E-state index contributed by atoms with van der Waals surface area (Å²) < 4.78 is 3.73. The Labute approximate surface area is 120 Å².